The van der Waals surface area contributed by atoms with Gasteiger partial charge in [0.15, 0.2) is 0 Å². The molecular formula is C19H16ClN3O2S2. The topological polar surface area (TPSA) is 68.0 Å². The standard InChI is InChI=1S/C19H16ClN3O2S2/c20-13-7-5-12(6-8-13)18-22-23-19(25-18)27-11-17(24)21-15-9-10-26-16-4-2-1-3-14(15)16/h1-8,15H,9-11H2,(H,21,24)/t15-/m1/s1. The summed E-state index contributed by atoms with van der Waals surface area (Å²) >= 11 is 8.95. The summed E-state index contributed by atoms with van der Waals surface area (Å²) in [5, 5.41) is 12.2. The molecule has 0 radical (unpaired) electrons. The van der Waals surface area contributed by atoms with Crippen molar-refractivity contribution < 1.29 is 9.21 Å². The van der Waals surface area contributed by atoms with Crippen molar-refractivity contribution in [3.8, 4) is 11.5 Å². The van der Waals surface area contributed by atoms with Crippen molar-refractivity contribution in [2.24, 2.45) is 0 Å². The Morgan fingerprint density at radius 1 is 1.22 bits per heavy atom. The van der Waals surface area contributed by atoms with E-state index < -0.39 is 0 Å². The first-order chi connectivity index (χ1) is 13.2. The number of hydrogen-bond acceptors (Lipinski definition) is 6. The highest BCUT2D eigenvalue weighted by molar-refractivity contribution is 7.99. The number of halogens is 1. The molecule has 0 unspecified atom stereocenters. The van der Waals surface area contributed by atoms with Crippen LogP contribution in [0.1, 0.15) is 18.0 Å². The molecule has 1 amide bonds. The molecular weight excluding hydrogens is 402 g/mol. The number of carbonyl (C=O) groups is 1. The molecule has 5 nitrogen and oxygen atoms in total. The van der Waals surface area contributed by atoms with E-state index in [0.29, 0.717) is 16.1 Å². The molecule has 138 valence electrons. The van der Waals surface area contributed by atoms with Gasteiger partial charge in [-0.05, 0) is 42.3 Å². The van der Waals surface area contributed by atoms with E-state index in [4.69, 9.17) is 16.0 Å². The number of aromatic nitrogens is 2. The lowest BCUT2D eigenvalue weighted by Crippen LogP contribution is -2.31. The fraction of sp³-hybridized carbons (Fsp3) is 0.211. The van der Waals surface area contributed by atoms with Gasteiger partial charge in [0.2, 0.25) is 11.8 Å². The summed E-state index contributed by atoms with van der Waals surface area (Å²) in [4.78, 5) is 13.6. The summed E-state index contributed by atoms with van der Waals surface area (Å²) in [6.45, 7) is 0. The number of benzene rings is 2. The van der Waals surface area contributed by atoms with Gasteiger partial charge in [-0.15, -0.1) is 22.0 Å². The summed E-state index contributed by atoms with van der Waals surface area (Å²) in [5.74, 6) is 1.60. The first-order valence-electron chi connectivity index (χ1n) is 8.42. The van der Waals surface area contributed by atoms with Crippen LogP contribution in [-0.4, -0.2) is 27.6 Å². The smallest absolute Gasteiger partial charge is 0.277 e. The molecule has 1 aliphatic rings. The van der Waals surface area contributed by atoms with Gasteiger partial charge in [-0.3, -0.25) is 4.79 Å². The van der Waals surface area contributed by atoms with Gasteiger partial charge < -0.3 is 9.73 Å². The molecule has 0 bridgehead atoms. The molecule has 2 aromatic carbocycles. The van der Waals surface area contributed by atoms with Gasteiger partial charge in [0.25, 0.3) is 5.22 Å². The lowest BCUT2D eigenvalue weighted by Gasteiger charge is -2.25. The maximum Gasteiger partial charge on any atom is 0.277 e. The molecule has 2 heterocycles. The third-order valence-corrected chi connectivity index (χ3v) is 6.31. The number of carbonyl (C=O) groups excluding carboxylic acids is 1. The summed E-state index contributed by atoms with van der Waals surface area (Å²) in [6.07, 6.45) is 0.930. The summed E-state index contributed by atoms with van der Waals surface area (Å²) in [5.41, 5.74) is 1.98. The van der Waals surface area contributed by atoms with E-state index in [2.05, 4.69) is 27.6 Å². The van der Waals surface area contributed by atoms with Crippen molar-refractivity contribution in [2.75, 3.05) is 11.5 Å². The summed E-state index contributed by atoms with van der Waals surface area (Å²) in [7, 11) is 0. The average molecular weight is 418 g/mol. The molecule has 0 saturated heterocycles. The Bertz CT molecular complexity index is 946. The van der Waals surface area contributed by atoms with Gasteiger partial charge >= 0.3 is 0 Å². The van der Waals surface area contributed by atoms with Crippen LogP contribution in [-0.2, 0) is 4.79 Å². The second-order valence-corrected chi connectivity index (χ2v) is 8.46. The highest BCUT2D eigenvalue weighted by Gasteiger charge is 2.22. The van der Waals surface area contributed by atoms with E-state index in [9.17, 15) is 4.79 Å². The largest absolute Gasteiger partial charge is 0.411 e. The highest BCUT2D eigenvalue weighted by atomic mass is 35.5. The SMILES string of the molecule is O=C(CSc1nnc(-c2ccc(Cl)cc2)o1)N[C@@H]1CCSc2ccccc21. The van der Waals surface area contributed by atoms with Crippen molar-refractivity contribution in [3.63, 3.8) is 0 Å². The van der Waals surface area contributed by atoms with Gasteiger partial charge in [0.1, 0.15) is 0 Å². The molecule has 0 spiro atoms. The predicted molar refractivity (Wildman–Crippen MR) is 108 cm³/mol. The Morgan fingerprint density at radius 2 is 2.04 bits per heavy atom. The first-order valence-corrected chi connectivity index (χ1v) is 10.8. The van der Waals surface area contributed by atoms with Crippen molar-refractivity contribution in [1.29, 1.82) is 0 Å². The lowest BCUT2D eigenvalue weighted by atomic mass is 10.0. The molecule has 1 atom stereocenters. The quantitative estimate of drug-likeness (QED) is 0.599. The zero-order chi connectivity index (χ0) is 18.6. The number of amides is 1. The highest BCUT2D eigenvalue weighted by Crippen LogP contribution is 2.35. The van der Waals surface area contributed by atoms with Crippen molar-refractivity contribution >= 4 is 41.0 Å². The van der Waals surface area contributed by atoms with Crippen LogP contribution in [0.25, 0.3) is 11.5 Å². The number of rotatable bonds is 5. The van der Waals surface area contributed by atoms with E-state index in [-0.39, 0.29) is 17.7 Å². The van der Waals surface area contributed by atoms with Gasteiger partial charge in [-0.2, -0.15) is 0 Å². The average Bonchev–Trinajstić information content (AvgIpc) is 3.16. The first kappa shape index (κ1) is 18.4. The minimum Gasteiger partial charge on any atom is -0.411 e. The fourth-order valence-corrected chi connectivity index (χ4v) is 4.66. The van der Waals surface area contributed by atoms with Gasteiger partial charge in [-0.1, -0.05) is 41.6 Å². The molecule has 1 N–H and O–H groups in total. The minimum atomic E-state index is -0.0436. The molecule has 1 aliphatic heterocycles. The van der Waals surface area contributed by atoms with Crippen LogP contribution >= 0.6 is 35.1 Å². The van der Waals surface area contributed by atoms with E-state index in [1.807, 2.05) is 36.0 Å². The van der Waals surface area contributed by atoms with E-state index >= 15 is 0 Å². The Hall–Kier alpha value is -1.96. The van der Waals surface area contributed by atoms with Crippen LogP contribution in [0.15, 0.2) is 63.1 Å². The molecule has 4 rings (SSSR count). The zero-order valence-electron chi connectivity index (χ0n) is 14.2. The molecule has 1 aromatic heterocycles. The molecule has 0 aliphatic carbocycles. The number of thioether (sulfide) groups is 2. The minimum absolute atomic E-state index is 0.0436. The number of nitrogens with zero attached hydrogens (tertiary/aromatic N) is 2. The summed E-state index contributed by atoms with van der Waals surface area (Å²) < 4.78 is 5.62. The van der Waals surface area contributed by atoms with Gasteiger partial charge in [0.05, 0.1) is 11.8 Å². The van der Waals surface area contributed by atoms with E-state index in [1.165, 1.54) is 22.2 Å². The van der Waals surface area contributed by atoms with Crippen LogP contribution < -0.4 is 5.32 Å². The van der Waals surface area contributed by atoms with Crippen LogP contribution in [0.2, 0.25) is 5.02 Å². The van der Waals surface area contributed by atoms with Gasteiger partial charge in [0, 0.05) is 21.2 Å². The lowest BCUT2D eigenvalue weighted by molar-refractivity contribution is -0.119. The van der Waals surface area contributed by atoms with E-state index in [1.54, 1.807) is 12.1 Å². The van der Waals surface area contributed by atoms with Gasteiger partial charge in [-0.25, -0.2) is 0 Å². The monoisotopic (exact) mass is 417 g/mol. The van der Waals surface area contributed by atoms with Crippen LogP contribution in [0.3, 0.4) is 0 Å². The number of hydrogen-bond donors (Lipinski definition) is 1. The Morgan fingerprint density at radius 3 is 2.89 bits per heavy atom. The van der Waals surface area contributed by atoms with Crippen molar-refractivity contribution in [3.05, 3.63) is 59.1 Å². The second-order valence-electron chi connectivity index (χ2n) is 5.96. The maximum absolute atomic E-state index is 12.4. The Balaban J connectivity index is 1.34. The predicted octanol–water partition coefficient (Wildman–Crippen LogP) is 4.84. The Labute approximate surface area is 170 Å². The maximum atomic E-state index is 12.4. The summed E-state index contributed by atoms with van der Waals surface area (Å²) in [6, 6.07) is 15.4. The van der Waals surface area contributed by atoms with Crippen LogP contribution in [0.5, 0.6) is 0 Å². The normalized spacial score (nSPS) is 16.0. The van der Waals surface area contributed by atoms with Crippen molar-refractivity contribution in [1.82, 2.24) is 15.5 Å². The molecule has 0 fully saturated rings. The molecule has 3 aromatic rings. The third-order valence-electron chi connectivity index (χ3n) is 4.12. The third kappa shape index (κ3) is 4.48. The fourth-order valence-electron chi connectivity index (χ4n) is 2.83. The van der Waals surface area contributed by atoms with Crippen LogP contribution in [0, 0.1) is 0 Å². The molecule has 8 heteroatoms. The number of nitrogens with one attached hydrogen (secondary N) is 1. The van der Waals surface area contributed by atoms with E-state index in [0.717, 1.165) is 17.7 Å². The molecule has 0 saturated carbocycles. The molecule has 27 heavy (non-hydrogen) atoms. The Kier molecular flexibility index (Phi) is 5.71. The van der Waals surface area contributed by atoms with Crippen molar-refractivity contribution in [2.45, 2.75) is 22.6 Å². The zero-order valence-corrected chi connectivity index (χ0v) is 16.6. The van der Waals surface area contributed by atoms with Crippen LogP contribution in [0.4, 0.5) is 0 Å². The number of fused-ring (bicyclic) bond motifs is 1. The second kappa shape index (κ2) is 8.37.